The summed E-state index contributed by atoms with van der Waals surface area (Å²) >= 11 is 4.34. The van der Waals surface area contributed by atoms with Crippen LogP contribution in [-0.2, 0) is 30.7 Å². The molecule has 4 N–H and O–H groups in total. The fraction of sp³-hybridized carbons (Fsp3) is 0.292. The van der Waals surface area contributed by atoms with Crippen molar-refractivity contribution in [1.29, 1.82) is 0 Å². The quantitative estimate of drug-likeness (QED) is 0.236. The first kappa shape index (κ1) is 25.6. The van der Waals surface area contributed by atoms with Gasteiger partial charge in [-0.05, 0) is 47.7 Å². The lowest BCUT2D eigenvalue weighted by atomic mass is 10.0. The highest BCUT2D eigenvalue weighted by atomic mass is 35.5. The third kappa shape index (κ3) is 8.03. The molecule has 0 aliphatic rings. The van der Waals surface area contributed by atoms with Gasteiger partial charge in [-0.2, -0.15) is 4.55 Å². The van der Waals surface area contributed by atoms with E-state index in [-0.39, 0.29) is 13.0 Å². The molecule has 5 nitrogen and oxygen atoms in total. The van der Waals surface area contributed by atoms with Crippen molar-refractivity contribution in [2.45, 2.75) is 43.4 Å². The number of nitrogens with zero attached hydrogens (tertiary/aromatic N) is 1. The van der Waals surface area contributed by atoms with Gasteiger partial charge in [0.05, 0.1) is 18.3 Å². The van der Waals surface area contributed by atoms with Gasteiger partial charge < -0.3 is 10.4 Å². The van der Waals surface area contributed by atoms with Gasteiger partial charge in [0.2, 0.25) is 4.90 Å². The molecule has 0 fully saturated rings. The van der Waals surface area contributed by atoms with Crippen LogP contribution in [0.5, 0.6) is 0 Å². The second kappa shape index (κ2) is 12.4. The number of hydrogen-bond acceptors (Lipinski definition) is 5. The Balaban J connectivity index is 1.69. The standard InChI is InChI=1S/C24H27ClF2N3O2S/c1-2-16-4-3-5-17(8-16)13-28-15-23(31)22(11-18-9-19(26)12-20(27)10-18)30-33(32)21-6-7-24(25)29-14-21/h3-10,12,14,22-23,28,30-32H,2,11,13,15H2,1H3/q+1/t22?,23-,33?/m1/s1. The monoisotopic (exact) mass is 494 g/mol. The molecule has 3 atom stereocenters. The van der Waals surface area contributed by atoms with Gasteiger partial charge in [-0.1, -0.05) is 47.5 Å². The minimum atomic E-state index is -1.47. The van der Waals surface area contributed by atoms with Gasteiger partial charge in [-0.3, -0.25) is 0 Å². The molecule has 2 aromatic carbocycles. The van der Waals surface area contributed by atoms with Crippen LogP contribution in [0.4, 0.5) is 8.78 Å². The second-order valence-electron chi connectivity index (χ2n) is 7.68. The summed E-state index contributed by atoms with van der Waals surface area (Å²) < 4.78 is 41.0. The smallest absolute Gasteiger partial charge is 0.277 e. The maximum Gasteiger partial charge on any atom is 0.277 e. The van der Waals surface area contributed by atoms with E-state index >= 15 is 0 Å². The van der Waals surface area contributed by atoms with Crippen LogP contribution in [0.2, 0.25) is 5.15 Å². The second-order valence-corrected chi connectivity index (χ2v) is 9.34. The third-order valence-corrected chi connectivity index (χ3v) is 6.55. The summed E-state index contributed by atoms with van der Waals surface area (Å²) in [6.45, 7) is 2.85. The highest BCUT2D eigenvalue weighted by molar-refractivity contribution is 7.89. The van der Waals surface area contributed by atoms with Crippen molar-refractivity contribution in [3.8, 4) is 0 Å². The predicted molar refractivity (Wildman–Crippen MR) is 128 cm³/mol. The summed E-state index contributed by atoms with van der Waals surface area (Å²) in [4.78, 5) is 4.43. The molecule has 176 valence electrons. The largest absolute Gasteiger partial charge is 0.390 e. The molecular formula is C24H27ClF2N3O2S+. The van der Waals surface area contributed by atoms with Crippen LogP contribution >= 0.6 is 11.6 Å². The van der Waals surface area contributed by atoms with E-state index in [9.17, 15) is 18.4 Å². The number of pyridine rings is 1. The summed E-state index contributed by atoms with van der Waals surface area (Å²) in [7, 11) is 0. The van der Waals surface area contributed by atoms with Crippen LogP contribution in [0.1, 0.15) is 23.6 Å². The number of aliphatic hydroxyl groups is 1. The van der Waals surface area contributed by atoms with E-state index in [0.29, 0.717) is 22.2 Å². The van der Waals surface area contributed by atoms with Crippen molar-refractivity contribution in [3.63, 3.8) is 0 Å². The van der Waals surface area contributed by atoms with Crippen LogP contribution in [0, 0.1) is 11.6 Å². The molecule has 3 aromatic rings. The van der Waals surface area contributed by atoms with E-state index < -0.39 is 35.1 Å². The van der Waals surface area contributed by atoms with E-state index in [2.05, 4.69) is 34.1 Å². The Hall–Kier alpha value is -2.07. The molecule has 3 rings (SSSR count). The first-order valence-electron chi connectivity index (χ1n) is 10.6. The van der Waals surface area contributed by atoms with E-state index in [1.807, 2.05) is 12.1 Å². The molecule has 0 radical (unpaired) electrons. The molecule has 33 heavy (non-hydrogen) atoms. The molecule has 0 bridgehead atoms. The number of rotatable bonds is 11. The van der Waals surface area contributed by atoms with Gasteiger partial charge in [0.25, 0.3) is 11.4 Å². The normalized spacial score (nSPS) is 14.1. The zero-order valence-electron chi connectivity index (χ0n) is 18.1. The number of aliphatic hydroxyl groups excluding tert-OH is 1. The molecule has 2 unspecified atom stereocenters. The molecule has 1 aromatic heterocycles. The van der Waals surface area contributed by atoms with Crippen LogP contribution < -0.4 is 10.0 Å². The van der Waals surface area contributed by atoms with Crippen LogP contribution in [0.15, 0.2) is 65.7 Å². The zero-order chi connectivity index (χ0) is 23.8. The molecule has 9 heteroatoms. The maximum atomic E-state index is 13.7. The third-order valence-electron chi connectivity index (χ3n) is 5.11. The van der Waals surface area contributed by atoms with E-state index in [1.165, 1.54) is 23.9 Å². The zero-order valence-corrected chi connectivity index (χ0v) is 19.7. The van der Waals surface area contributed by atoms with E-state index in [1.54, 1.807) is 12.1 Å². The number of hydrogen-bond donors (Lipinski definition) is 4. The Bertz CT molecular complexity index is 1020. The van der Waals surface area contributed by atoms with Gasteiger partial charge in [0.1, 0.15) is 16.8 Å². The number of aryl methyl sites for hydroxylation is 1. The lowest BCUT2D eigenvalue weighted by molar-refractivity contribution is 0.134. The molecule has 0 saturated heterocycles. The lowest BCUT2D eigenvalue weighted by Crippen LogP contribution is -2.48. The number of aromatic nitrogens is 1. The summed E-state index contributed by atoms with van der Waals surface area (Å²) in [6.07, 6.45) is 1.52. The van der Waals surface area contributed by atoms with Crippen LogP contribution in [0.25, 0.3) is 0 Å². The van der Waals surface area contributed by atoms with Crippen LogP contribution in [0.3, 0.4) is 0 Å². The van der Waals surface area contributed by atoms with Gasteiger partial charge in [0.15, 0.2) is 0 Å². The Morgan fingerprint density at radius 2 is 1.76 bits per heavy atom. The van der Waals surface area contributed by atoms with Gasteiger partial charge >= 0.3 is 0 Å². The van der Waals surface area contributed by atoms with Crippen LogP contribution in [-0.4, -0.2) is 33.3 Å². The number of halogens is 3. The first-order valence-corrected chi connectivity index (χ1v) is 12.1. The summed E-state index contributed by atoms with van der Waals surface area (Å²) in [5.41, 5.74) is 2.68. The minimum Gasteiger partial charge on any atom is -0.390 e. The topological polar surface area (TPSA) is 77.4 Å². The van der Waals surface area contributed by atoms with Crippen molar-refractivity contribution in [3.05, 3.63) is 94.3 Å². The molecule has 0 saturated carbocycles. The summed E-state index contributed by atoms with van der Waals surface area (Å²) in [6, 6.07) is 13.9. The highest BCUT2D eigenvalue weighted by Crippen LogP contribution is 2.16. The molecule has 0 aliphatic heterocycles. The van der Waals surface area contributed by atoms with Crippen molar-refractivity contribution in [2.24, 2.45) is 0 Å². The van der Waals surface area contributed by atoms with Crippen molar-refractivity contribution >= 4 is 23.0 Å². The Kier molecular flexibility index (Phi) is 9.61. The fourth-order valence-electron chi connectivity index (χ4n) is 3.39. The summed E-state index contributed by atoms with van der Waals surface area (Å²) in [5.74, 6) is -1.39. The molecule has 0 spiro atoms. The van der Waals surface area contributed by atoms with E-state index in [0.717, 1.165) is 18.1 Å². The van der Waals surface area contributed by atoms with Crippen molar-refractivity contribution in [2.75, 3.05) is 6.54 Å². The molecule has 1 heterocycles. The van der Waals surface area contributed by atoms with Crippen molar-refractivity contribution < 1.29 is 18.4 Å². The maximum absolute atomic E-state index is 13.7. The molecule has 0 amide bonds. The first-order chi connectivity index (χ1) is 15.8. The average Bonchev–Trinajstić information content (AvgIpc) is 2.78. The minimum absolute atomic E-state index is 0.105. The van der Waals surface area contributed by atoms with E-state index in [4.69, 9.17) is 11.6 Å². The average molecular weight is 495 g/mol. The Labute approximate surface area is 200 Å². The fourth-order valence-corrected chi connectivity index (χ4v) is 4.52. The van der Waals surface area contributed by atoms with Crippen molar-refractivity contribution in [1.82, 2.24) is 15.0 Å². The van der Waals surface area contributed by atoms with Gasteiger partial charge in [-0.15, -0.1) is 0 Å². The molecule has 0 aliphatic carbocycles. The Morgan fingerprint density at radius 3 is 2.42 bits per heavy atom. The van der Waals surface area contributed by atoms with Gasteiger partial charge in [-0.25, -0.2) is 13.8 Å². The highest BCUT2D eigenvalue weighted by Gasteiger charge is 2.31. The van der Waals surface area contributed by atoms with Gasteiger partial charge in [0, 0.05) is 25.2 Å². The summed E-state index contributed by atoms with van der Waals surface area (Å²) in [5, 5.41) is 14.4. The Morgan fingerprint density at radius 1 is 1.03 bits per heavy atom. The number of benzene rings is 2. The SMILES string of the molecule is CCc1cccc(CNC[C@@H](O)C(Cc2cc(F)cc(F)c2)N[S+](O)c2ccc(Cl)nc2)c1. The number of nitrogens with one attached hydrogen (secondary N) is 2. The molecular weight excluding hydrogens is 468 g/mol. The predicted octanol–water partition coefficient (Wildman–Crippen LogP) is 4.29. The lowest BCUT2D eigenvalue weighted by Gasteiger charge is -2.22.